The Kier molecular flexibility index (Phi) is 5.99. The molecule has 0 fully saturated rings. The lowest BCUT2D eigenvalue weighted by Gasteiger charge is -2.15. The lowest BCUT2D eigenvalue weighted by molar-refractivity contribution is 1.06. The SMILES string of the molecule is c1cncc(-c2nc(-c3cccnc3)nc(-c3ncc(-c4nc5ccccc5c5c4ccc4ccccc45)c4ccccc34)n2)c1. The van der Waals surface area contributed by atoms with E-state index in [2.05, 4.69) is 76.7 Å². The van der Waals surface area contributed by atoms with E-state index in [0.29, 0.717) is 23.2 Å². The van der Waals surface area contributed by atoms with Crippen LogP contribution in [0.25, 0.3) is 88.8 Å². The summed E-state index contributed by atoms with van der Waals surface area (Å²) in [6.07, 6.45) is 8.87. The lowest BCUT2D eigenvalue weighted by atomic mass is 9.94. The van der Waals surface area contributed by atoms with Crippen LogP contribution in [0.5, 0.6) is 0 Å². The van der Waals surface area contributed by atoms with E-state index in [1.165, 1.54) is 16.2 Å². The number of aromatic nitrogens is 7. The second kappa shape index (κ2) is 10.6. The second-order valence-corrected chi connectivity index (χ2v) is 11.0. The minimum Gasteiger partial charge on any atom is -0.264 e. The fourth-order valence-corrected chi connectivity index (χ4v) is 6.22. The lowest BCUT2D eigenvalue weighted by Crippen LogP contribution is -2.02. The Hall–Kier alpha value is -6.47. The molecule has 5 aromatic heterocycles. The van der Waals surface area contributed by atoms with E-state index in [9.17, 15) is 0 Å². The summed E-state index contributed by atoms with van der Waals surface area (Å²) in [5.41, 5.74) is 5.01. The van der Waals surface area contributed by atoms with Gasteiger partial charge < -0.3 is 0 Å². The van der Waals surface area contributed by atoms with Gasteiger partial charge in [0.2, 0.25) is 0 Å². The van der Waals surface area contributed by atoms with Gasteiger partial charge in [0, 0.05) is 69.2 Å². The third kappa shape index (κ3) is 4.25. The zero-order chi connectivity index (χ0) is 30.5. The first-order valence-corrected chi connectivity index (χ1v) is 15.0. The highest BCUT2D eigenvalue weighted by molar-refractivity contribution is 6.23. The molecule has 7 heteroatoms. The van der Waals surface area contributed by atoms with E-state index in [4.69, 9.17) is 24.9 Å². The Morgan fingerprint density at radius 1 is 0.391 bits per heavy atom. The van der Waals surface area contributed by atoms with E-state index in [0.717, 1.165) is 49.4 Å². The zero-order valence-corrected chi connectivity index (χ0v) is 24.4. The van der Waals surface area contributed by atoms with Crippen molar-refractivity contribution >= 4 is 43.2 Å². The molecule has 0 unspecified atom stereocenters. The van der Waals surface area contributed by atoms with Gasteiger partial charge in [-0.25, -0.2) is 19.9 Å². The first-order chi connectivity index (χ1) is 22.8. The maximum atomic E-state index is 5.25. The van der Waals surface area contributed by atoms with Crippen LogP contribution in [-0.4, -0.2) is 34.9 Å². The summed E-state index contributed by atoms with van der Waals surface area (Å²) >= 11 is 0. The van der Waals surface area contributed by atoms with Crippen molar-refractivity contribution in [2.75, 3.05) is 0 Å². The van der Waals surface area contributed by atoms with Crippen molar-refractivity contribution in [1.29, 1.82) is 0 Å². The highest BCUT2D eigenvalue weighted by Gasteiger charge is 2.20. The summed E-state index contributed by atoms with van der Waals surface area (Å²) < 4.78 is 0. The Balaban J connectivity index is 1.31. The van der Waals surface area contributed by atoms with Gasteiger partial charge in [-0.3, -0.25) is 15.0 Å². The Labute approximate surface area is 263 Å². The van der Waals surface area contributed by atoms with Crippen molar-refractivity contribution < 1.29 is 0 Å². The molecular weight excluding hydrogens is 566 g/mol. The molecular formula is C39H23N7. The van der Waals surface area contributed by atoms with Gasteiger partial charge in [-0.2, -0.15) is 0 Å². The summed E-state index contributed by atoms with van der Waals surface area (Å²) in [4.78, 5) is 33.5. The molecule has 214 valence electrons. The molecule has 0 aliphatic heterocycles. The first-order valence-electron chi connectivity index (χ1n) is 15.0. The molecule has 9 aromatic rings. The molecule has 5 heterocycles. The van der Waals surface area contributed by atoms with Crippen LogP contribution in [0.15, 0.2) is 140 Å². The van der Waals surface area contributed by atoms with E-state index >= 15 is 0 Å². The number of hydrogen-bond donors (Lipinski definition) is 0. The van der Waals surface area contributed by atoms with Crippen LogP contribution in [0, 0.1) is 0 Å². The van der Waals surface area contributed by atoms with Crippen LogP contribution in [0.2, 0.25) is 0 Å². The molecule has 0 saturated heterocycles. The van der Waals surface area contributed by atoms with Crippen LogP contribution >= 0.6 is 0 Å². The van der Waals surface area contributed by atoms with Crippen molar-refractivity contribution in [3.8, 4) is 45.6 Å². The smallest absolute Gasteiger partial charge is 0.183 e. The molecule has 0 aliphatic rings. The van der Waals surface area contributed by atoms with Crippen LogP contribution in [0.4, 0.5) is 0 Å². The number of fused-ring (bicyclic) bond motifs is 6. The van der Waals surface area contributed by atoms with E-state index < -0.39 is 0 Å². The quantitative estimate of drug-likeness (QED) is 0.190. The Morgan fingerprint density at radius 2 is 1.02 bits per heavy atom. The highest BCUT2D eigenvalue weighted by Crippen LogP contribution is 2.40. The number of rotatable bonds is 4. The molecule has 0 atom stereocenters. The van der Waals surface area contributed by atoms with Gasteiger partial charge in [0.25, 0.3) is 0 Å². The highest BCUT2D eigenvalue weighted by atomic mass is 15.0. The maximum absolute atomic E-state index is 5.25. The van der Waals surface area contributed by atoms with Crippen LogP contribution < -0.4 is 0 Å². The summed E-state index contributed by atoms with van der Waals surface area (Å²) in [6.45, 7) is 0. The van der Waals surface area contributed by atoms with Gasteiger partial charge in [0.15, 0.2) is 17.5 Å². The molecule has 7 nitrogen and oxygen atoms in total. The van der Waals surface area contributed by atoms with Gasteiger partial charge in [-0.15, -0.1) is 0 Å². The standard InChI is InChI=1S/C39H23N7/c1-2-12-27-24(9-1)17-18-31-34(27)30-15-5-6-16-33(30)43-35(31)32-23-42-36(29-14-4-3-13-28(29)32)39-45-37(25-10-7-19-40-21-25)44-38(46-39)26-11-8-20-41-22-26/h1-23H. The van der Waals surface area contributed by atoms with Crippen molar-refractivity contribution in [1.82, 2.24) is 34.9 Å². The molecule has 0 spiro atoms. The Bertz CT molecular complexity index is 2510. The first kappa shape index (κ1) is 26.0. The zero-order valence-electron chi connectivity index (χ0n) is 24.4. The molecule has 0 aliphatic carbocycles. The van der Waals surface area contributed by atoms with Crippen molar-refractivity contribution in [2.45, 2.75) is 0 Å². The largest absolute Gasteiger partial charge is 0.264 e. The molecule has 0 bridgehead atoms. The summed E-state index contributed by atoms with van der Waals surface area (Å²) in [7, 11) is 0. The number of nitrogens with zero attached hydrogens (tertiary/aromatic N) is 7. The fraction of sp³-hybridized carbons (Fsp3) is 0. The molecule has 9 rings (SSSR count). The molecule has 0 saturated carbocycles. The van der Waals surface area contributed by atoms with Crippen LogP contribution in [-0.2, 0) is 0 Å². The third-order valence-corrected chi connectivity index (χ3v) is 8.33. The van der Waals surface area contributed by atoms with Crippen molar-refractivity contribution in [2.24, 2.45) is 0 Å². The monoisotopic (exact) mass is 589 g/mol. The van der Waals surface area contributed by atoms with Gasteiger partial charge >= 0.3 is 0 Å². The van der Waals surface area contributed by atoms with E-state index in [-0.39, 0.29) is 0 Å². The van der Waals surface area contributed by atoms with E-state index in [1.54, 1.807) is 24.8 Å². The van der Waals surface area contributed by atoms with Crippen molar-refractivity contribution in [3.63, 3.8) is 0 Å². The van der Waals surface area contributed by atoms with Gasteiger partial charge in [0.05, 0.1) is 11.2 Å². The Morgan fingerprint density at radius 3 is 1.74 bits per heavy atom. The van der Waals surface area contributed by atoms with Gasteiger partial charge in [-0.1, -0.05) is 78.9 Å². The predicted molar refractivity (Wildman–Crippen MR) is 183 cm³/mol. The average Bonchev–Trinajstić information content (AvgIpc) is 3.14. The maximum Gasteiger partial charge on any atom is 0.183 e. The predicted octanol–water partition coefficient (Wildman–Crippen LogP) is 8.73. The summed E-state index contributed by atoms with van der Waals surface area (Å²) in [5.74, 6) is 1.50. The van der Waals surface area contributed by atoms with Crippen LogP contribution in [0.1, 0.15) is 0 Å². The average molecular weight is 590 g/mol. The number of hydrogen-bond acceptors (Lipinski definition) is 7. The number of benzene rings is 4. The molecule has 0 N–H and O–H groups in total. The number of pyridine rings is 4. The molecule has 0 amide bonds. The fourth-order valence-electron chi connectivity index (χ4n) is 6.22. The normalized spacial score (nSPS) is 11.5. The number of para-hydroxylation sites is 1. The third-order valence-electron chi connectivity index (χ3n) is 8.33. The van der Waals surface area contributed by atoms with Crippen LogP contribution in [0.3, 0.4) is 0 Å². The minimum absolute atomic E-state index is 0.470. The topological polar surface area (TPSA) is 90.2 Å². The minimum atomic E-state index is 0.470. The molecule has 4 aromatic carbocycles. The van der Waals surface area contributed by atoms with Crippen molar-refractivity contribution in [3.05, 3.63) is 140 Å². The van der Waals surface area contributed by atoms with Gasteiger partial charge in [0.1, 0.15) is 5.69 Å². The second-order valence-electron chi connectivity index (χ2n) is 11.0. The summed E-state index contributed by atoms with van der Waals surface area (Å²) in [6, 6.07) is 37.1. The summed E-state index contributed by atoms with van der Waals surface area (Å²) in [5, 5.41) is 7.72. The molecule has 46 heavy (non-hydrogen) atoms. The van der Waals surface area contributed by atoms with Gasteiger partial charge in [-0.05, 0) is 46.5 Å². The molecule has 0 radical (unpaired) electrons. The van der Waals surface area contributed by atoms with E-state index in [1.807, 2.05) is 48.7 Å².